The number of benzene rings is 1. The molecule has 5 heteroatoms. The summed E-state index contributed by atoms with van der Waals surface area (Å²) in [6, 6.07) is 4.35. The monoisotopic (exact) mass is 294 g/mol. The first-order chi connectivity index (χ1) is 9.97. The van der Waals surface area contributed by atoms with Crippen LogP contribution >= 0.6 is 0 Å². The molecule has 4 nitrogen and oxygen atoms in total. The molecule has 1 saturated carbocycles. The van der Waals surface area contributed by atoms with E-state index in [-0.39, 0.29) is 23.7 Å². The summed E-state index contributed by atoms with van der Waals surface area (Å²) in [5, 5.41) is 12.5. The second-order valence-electron chi connectivity index (χ2n) is 5.91. The number of nitrogens with one attached hydrogen (secondary N) is 1. The molecular weight excluding hydrogens is 271 g/mol. The summed E-state index contributed by atoms with van der Waals surface area (Å²) in [7, 11) is 1.67. The molecule has 2 amide bonds. The smallest absolute Gasteiger partial charge is 0.321 e. The van der Waals surface area contributed by atoms with E-state index < -0.39 is 5.82 Å². The highest BCUT2D eigenvalue weighted by atomic mass is 19.1. The van der Waals surface area contributed by atoms with E-state index in [4.69, 9.17) is 0 Å². The Morgan fingerprint density at radius 1 is 1.43 bits per heavy atom. The first-order valence-electron chi connectivity index (χ1n) is 7.43. The number of halogens is 1. The normalized spacial score (nSPS) is 21.9. The summed E-state index contributed by atoms with van der Waals surface area (Å²) in [6.07, 6.45) is 3.51. The minimum atomic E-state index is -0.436. The Morgan fingerprint density at radius 3 is 2.81 bits per heavy atom. The fourth-order valence-electron chi connectivity index (χ4n) is 2.77. The van der Waals surface area contributed by atoms with Crippen LogP contribution in [-0.4, -0.2) is 35.7 Å². The number of rotatable bonds is 3. The number of aliphatic hydroxyl groups is 1. The van der Waals surface area contributed by atoms with Gasteiger partial charge in [-0.15, -0.1) is 0 Å². The quantitative estimate of drug-likeness (QED) is 0.899. The number of carbonyl (C=O) groups excluding carboxylic acids is 1. The fraction of sp³-hybridized carbons (Fsp3) is 0.562. The second-order valence-corrected chi connectivity index (χ2v) is 5.91. The summed E-state index contributed by atoms with van der Waals surface area (Å²) >= 11 is 0. The van der Waals surface area contributed by atoms with Gasteiger partial charge in [-0.2, -0.15) is 0 Å². The number of amides is 2. The lowest BCUT2D eigenvalue weighted by molar-refractivity contribution is 0.0575. The Morgan fingerprint density at radius 2 is 2.14 bits per heavy atom. The van der Waals surface area contributed by atoms with Gasteiger partial charge < -0.3 is 15.3 Å². The lowest BCUT2D eigenvalue weighted by Gasteiger charge is -2.31. The maximum absolute atomic E-state index is 13.7. The van der Waals surface area contributed by atoms with Gasteiger partial charge in [-0.1, -0.05) is 18.9 Å². The molecule has 2 atom stereocenters. The average Bonchev–Trinajstić information content (AvgIpc) is 2.44. The van der Waals surface area contributed by atoms with Crippen molar-refractivity contribution >= 4 is 11.7 Å². The van der Waals surface area contributed by atoms with Crippen molar-refractivity contribution in [2.45, 2.75) is 38.7 Å². The Labute approximate surface area is 125 Å². The van der Waals surface area contributed by atoms with Gasteiger partial charge in [0.25, 0.3) is 0 Å². The molecule has 116 valence electrons. The zero-order valence-corrected chi connectivity index (χ0v) is 12.6. The molecule has 1 aromatic rings. The zero-order valence-electron chi connectivity index (χ0n) is 12.6. The summed E-state index contributed by atoms with van der Waals surface area (Å²) < 4.78 is 13.7. The number of carbonyl (C=O) groups is 1. The Balaban J connectivity index is 1.92. The molecule has 0 saturated heterocycles. The number of hydrogen-bond acceptors (Lipinski definition) is 2. The Hall–Kier alpha value is -1.62. The third-order valence-corrected chi connectivity index (χ3v) is 4.09. The van der Waals surface area contributed by atoms with E-state index in [1.54, 1.807) is 26.1 Å². The molecule has 0 spiro atoms. The van der Waals surface area contributed by atoms with E-state index in [0.29, 0.717) is 6.54 Å². The summed E-state index contributed by atoms with van der Waals surface area (Å²) in [6.45, 7) is 2.28. The highest BCUT2D eigenvalue weighted by Gasteiger charge is 2.25. The maximum atomic E-state index is 13.7. The Bertz CT molecular complexity index is 507. The van der Waals surface area contributed by atoms with Crippen molar-refractivity contribution in [1.82, 2.24) is 4.90 Å². The van der Waals surface area contributed by atoms with E-state index in [1.165, 1.54) is 11.0 Å². The van der Waals surface area contributed by atoms with Crippen LogP contribution in [0.5, 0.6) is 0 Å². The van der Waals surface area contributed by atoms with E-state index in [9.17, 15) is 14.3 Å². The molecule has 0 aromatic heterocycles. The first-order valence-corrected chi connectivity index (χ1v) is 7.43. The first kappa shape index (κ1) is 15.8. The van der Waals surface area contributed by atoms with Crippen LogP contribution in [0.15, 0.2) is 18.2 Å². The lowest BCUT2D eigenvalue weighted by atomic mass is 9.86. The standard InChI is InChI=1S/C16H23FN2O2/c1-11-7-8-14(13(17)9-11)18-16(21)19(2)10-12-5-3-4-6-15(12)20/h7-9,12,15,20H,3-6,10H2,1-2H3,(H,18,21). The van der Waals surface area contributed by atoms with Crippen LogP contribution in [0, 0.1) is 18.7 Å². The van der Waals surface area contributed by atoms with Gasteiger partial charge in [0.2, 0.25) is 0 Å². The summed E-state index contributed by atoms with van der Waals surface area (Å²) in [5.41, 5.74) is 0.992. The predicted molar refractivity (Wildman–Crippen MR) is 80.8 cm³/mol. The minimum absolute atomic E-state index is 0.109. The van der Waals surface area contributed by atoms with Gasteiger partial charge in [-0.05, 0) is 37.5 Å². The van der Waals surface area contributed by atoms with Gasteiger partial charge in [0, 0.05) is 19.5 Å². The second kappa shape index (κ2) is 6.89. The van der Waals surface area contributed by atoms with E-state index >= 15 is 0 Å². The van der Waals surface area contributed by atoms with Crippen molar-refractivity contribution in [3.05, 3.63) is 29.6 Å². The molecule has 0 radical (unpaired) electrons. The Kier molecular flexibility index (Phi) is 5.17. The highest BCUT2D eigenvalue weighted by molar-refractivity contribution is 5.89. The van der Waals surface area contributed by atoms with Crippen LogP contribution in [0.4, 0.5) is 14.9 Å². The fourth-order valence-corrected chi connectivity index (χ4v) is 2.77. The van der Waals surface area contributed by atoms with Gasteiger partial charge in [-0.25, -0.2) is 9.18 Å². The van der Waals surface area contributed by atoms with Crippen LogP contribution in [-0.2, 0) is 0 Å². The summed E-state index contributed by atoms with van der Waals surface area (Å²) in [4.78, 5) is 13.6. The number of urea groups is 1. The molecule has 0 heterocycles. The van der Waals surface area contributed by atoms with Crippen LogP contribution in [0.3, 0.4) is 0 Å². The van der Waals surface area contributed by atoms with Crippen molar-refractivity contribution in [2.75, 3.05) is 18.9 Å². The third kappa shape index (κ3) is 4.17. The number of anilines is 1. The maximum Gasteiger partial charge on any atom is 0.321 e. The average molecular weight is 294 g/mol. The molecule has 1 fully saturated rings. The SMILES string of the molecule is Cc1ccc(NC(=O)N(C)CC2CCCCC2O)c(F)c1. The van der Waals surface area contributed by atoms with Gasteiger partial charge >= 0.3 is 6.03 Å². The van der Waals surface area contributed by atoms with Crippen LogP contribution < -0.4 is 5.32 Å². The van der Waals surface area contributed by atoms with Gasteiger partial charge in [0.05, 0.1) is 11.8 Å². The lowest BCUT2D eigenvalue weighted by Crippen LogP contribution is -2.40. The van der Waals surface area contributed by atoms with Crippen molar-refractivity contribution in [3.63, 3.8) is 0 Å². The molecule has 1 aliphatic rings. The molecule has 21 heavy (non-hydrogen) atoms. The van der Waals surface area contributed by atoms with Gasteiger partial charge in [0.15, 0.2) is 0 Å². The zero-order chi connectivity index (χ0) is 15.4. The van der Waals surface area contributed by atoms with Crippen molar-refractivity contribution in [2.24, 2.45) is 5.92 Å². The van der Waals surface area contributed by atoms with Crippen LogP contribution in [0.25, 0.3) is 0 Å². The van der Waals surface area contributed by atoms with E-state index in [0.717, 1.165) is 31.2 Å². The molecule has 0 bridgehead atoms. The number of hydrogen-bond donors (Lipinski definition) is 2. The molecule has 2 N–H and O–H groups in total. The van der Waals surface area contributed by atoms with Crippen LogP contribution in [0.2, 0.25) is 0 Å². The number of nitrogens with zero attached hydrogens (tertiary/aromatic N) is 1. The van der Waals surface area contributed by atoms with E-state index in [1.807, 2.05) is 0 Å². The van der Waals surface area contributed by atoms with E-state index in [2.05, 4.69) is 5.32 Å². The molecule has 1 aliphatic carbocycles. The minimum Gasteiger partial charge on any atom is -0.393 e. The summed E-state index contributed by atoms with van der Waals surface area (Å²) in [5.74, 6) is -0.327. The van der Waals surface area contributed by atoms with Crippen LogP contribution in [0.1, 0.15) is 31.2 Å². The van der Waals surface area contributed by atoms with Crippen molar-refractivity contribution < 1.29 is 14.3 Å². The highest BCUT2D eigenvalue weighted by Crippen LogP contribution is 2.25. The van der Waals surface area contributed by atoms with Crippen molar-refractivity contribution in [1.29, 1.82) is 0 Å². The number of aryl methyl sites for hydroxylation is 1. The molecular formula is C16H23FN2O2. The molecule has 1 aromatic carbocycles. The predicted octanol–water partition coefficient (Wildman–Crippen LogP) is 3.15. The topological polar surface area (TPSA) is 52.6 Å². The largest absolute Gasteiger partial charge is 0.393 e. The third-order valence-electron chi connectivity index (χ3n) is 4.09. The molecule has 2 rings (SSSR count). The molecule has 0 aliphatic heterocycles. The van der Waals surface area contributed by atoms with Crippen molar-refractivity contribution in [3.8, 4) is 0 Å². The number of aliphatic hydroxyl groups excluding tert-OH is 1. The van der Waals surface area contributed by atoms with Gasteiger partial charge in [0.1, 0.15) is 5.82 Å². The van der Waals surface area contributed by atoms with Gasteiger partial charge in [-0.3, -0.25) is 0 Å². The molecule has 2 unspecified atom stereocenters.